The maximum Gasteiger partial charge on any atom is 0.271 e. The second-order valence-corrected chi connectivity index (χ2v) is 6.39. The average molecular weight is 365 g/mol. The average Bonchev–Trinajstić information content (AvgIpc) is 3.35. The van der Waals surface area contributed by atoms with Crippen molar-refractivity contribution in [2.75, 3.05) is 13.2 Å². The van der Waals surface area contributed by atoms with Crippen LogP contribution >= 0.6 is 0 Å². The van der Waals surface area contributed by atoms with Crippen molar-refractivity contribution in [3.63, 3.8) is 0 Å². The van der Waals surface area contributed by atoms with E-state index in [1.54, 1.807) is 6.07 Å². The van der Waals surface area contributed by atoms with Crippen molar-refractivity contribution in [1.82, 2.24) is 19.7 Å². The molecule has 8 heteroatoms. The summed E-state index contributed by atoms with van der Waals surface area (Å²) in [5.41, 5.74) is 7.41. The lowest BCUT2D eigenvalue weighted by molar-refractivity contribution is 0.0852. The van der Waals surface area contributed by atoms with Crippen LogP contribution in [-0.4, -0.2) is 45.4 Å². The Morgan fingerprint density at radius 2 is 2.11 bits per heavy atom. The SMILES string of the molecule is NC(=O)c1ncn2c(C(=O)NCC3CCCO3)cc(-c3ccccc3)nc12. The molecule has 1 aromatic carbocycles. The number of carbonyl (C=O) groups excluding carboxylic acids is 2. The fourth-order valence-corrected chi connectivity index (χ4v) is 3.18. The van der Waals surface area contributed by atoms with Crippen molar-refractivity contribution >= 4 is 17.5 Å². The molecule has 27 heavy (non-hydrogen) atoms. The maximum atomic E-state index is 12.8. The van der Waals surface area contributed by atoms with Crippen molar-refractivity contribution in [3.8, 4) is 11.3 Å². The molecule has 0 saturated carbocycles. The summed E-state index contributed by atoms with van der Waals surface area (Å²) in [6.45, 7) is 1.16. The number of benzene rings is 1. The number of primary amides is 1. The third-order valence-corrected chi connectivity index (χ3v) is 4.55. The molecule has 1 aliphatic rings. The summed E-state index contributed by atoms with van der Waals surface area (Å²) in [6, 6.07) is 11.1. The zero-order valence-electron chi connectivity index (χ0n) is 14.6. The summed E-state index contributed by atoms with van der Waals surface area (Å²) in [7, 11) is 0. The van der Waals surface area contributed by atoms with Gasteiger partial charge in [0.15, 0.2) is 11.3 Å². The van der Waals surface area contributed by atoms with Crippen LogP contribution in [0, 0.1) is 0 Å². The predicted octanol–water partition coefficient (Wildman–Crippen LogP) is 1.40. The Morgan fingerprint density at radius 3 is 2.81 bits per heavy atom. The number of nitrogens with two attached hydrogens (primary N) is 1. The Balaban J connectivity index is 1.75. The molecule has 0 aliphatic carbocycles. The van der Waals surface area contributed by atoms with Crippen LogP contribution in [0.15, 0.2) is 42.7 Å². The second kappa shape index (κ2) is 7.16. The summed E-state index contributed by atoms with van der Waals surface area (Å²) < 4.78 is 7.03. The molecule has 0 radical (unpaired) electrons. The minimum absolute atomic E-state index is 0.0287. The minimum atomic E-state index is -0.694. The van der Waals surface area contributed by atoms with E-state index in [0.717, 1.165) is 25.0 Å². The first-order chi connectivity index (χ1) is 13.1. The number of carbonyl (C=O) groups is 2. The van der Waals surface area contributed by atoms with Gasteiger partial charge in [-0.05, 0) is 18.9 Å². The number of nitrogens with one attached hydrogen (secondary N) is 1. The number of fused-ring (bicyclic) bond motifs is 1. The van der Waals surface area contributed by atoms with E-state index in [0.29, 0.717) is 17.9 Å². The topological polar surface area (TPSA) is 112 Å². The summed E-state index contributed by atoms with van der Waals surface area (Å²) in [5.74, 6) is -0.982. The van der Waals surface area contributed by atoms with Crippen LogP contribution in [0.4, 0.5) is 0 Å². The number of nitrogens with zero attached hydrogens (tertiary/aromatic N) is 3. The summed E-state index contributed by atoms with van der Waals surface area (Å²) >= 11 is 0. The van der Waals surface area contributed by atoms with Crippen LogP contribution < -0.4 is 11.1 Å². The molecule has 3 heterocycles. The maximum absolute atomic E-state index is 12.8. The number of hydrogen-bond donors (Lipinski definition) is 2. The van der Waals surface area contributed by atoms with E-state index < -0.39 is 5.91 Å². The summed E-state index contributed by atoms with van der Waals surface area (Å²) in [4.78, 5) is 33.0. The largest absolute Gasteiger partial charge is 0.376 e. The van der Waals surface area contributed by atoms with Crippen molar-refractivity contribution in [2.45, 2.75) is 18.9 Å². The van der Waals surface area contributed by atoms with Gasteiger partial charge in [0.25, 0.3) is 11.8 Å². The van der Waals surface area contributed by atoms with Gasteiger partial charge in [0, 0.05) is 18.7 Å². The highest BCUT2D eigenvalue weighted by Crippen LogP contribution is 2.21. The van der Waals surface area contributed by atoms with Gasteiger partial charge >= 0.3 is 0 Å². The molecule has 0 spiro atoms. The molecular weight excluding hydrogens is 346 g/mol. The lowest BCUT2D eigenvalue weighted by Crippen LogP contribution is -2.33. The Bertz CT molecular complexity index is 993. The lowest BCUT2D eigenvalue weighted by atomic mass is 10.1. The van der Waals surface area contributed by atoms with E-state index in [1.807, 2.05) is 30.3 Å². The standard InChI is InChI=1S/C19H19N5O3/c20-17(25)16-18-23-14(12-5-2-1-3-6-12)9-15(24(18)11-22-16)19(26)21-10-13-7-4-8-27-13/h1-3,5-6,9,11,13H,4,7-8,10H2,(H2,20,25)(H,21,26). The fourth-order valence-electron chi connectivity index (χ4n) is 3.18. The van der Waals surface area contributed by atoms with Crippen molar-refractivity contribution in [3.05, 3.63) is 54.1 Å². The van der Waals surface area contributed by atoms with Gasteiger partial charge in [0.2, 0.25) is 0 Å². The highest BCUT2D eigenvalue weighted by Gasteiger charge is 2.21. The molecule has 1 aliphatic heterocycles. The Kier molecular flexibility index (Phi) is 4.55. The number of rotatable bonds is 5. The van der Waals surface area contributed by atoms with Crippen LogP contribution in [0.2, 0.25) is 0 Å². The normalized spacial score (nSPS) is 16.5. The Hall–Kier alpha value is -3.26. The zero-order chi connectivity index (χ0) is 18.8. The van der Waals surface area contributed by atoms with E-state index >= 15 is 0 Å². The van der Waals surface area contributed by atoms with Gasteiger partial charge in [0.05, 0.1) is 11.8 Å². The minimum Gasteiger partial charge on any atom is -0.376 e. The number of imidazole rings is 1. The van der Waals surface area contributed by atoms with Crippen LogP contribution in [0.1, 0.15) is 33.8 Å². The van der Waals surface area contributed by atoms with E-state index in [2.05, 4.69) is 15.3 Å². The lowest BCUT2D eigenvalue weighted by Gasteiger charge is -2.13. The molecule has 3 aromatic rings. The first kappa shape index (κ1) is 17.2. The zero-order valence-corrected chi connectivity index (χ0v) is 14.6. The number of ether oxygens (including phenoxy) is 1. The molecule has 1 saturated heterocycles. The van der Waals surface area contributed by atoms with Gasteiger partial charge < -0.3 is 15.8 Å². The summed E-state index contributed by atoms with van der Waals surface area (Å²) in [6.07, 6.45) is 3.35. The van der Waals surface area contributed by atoms with Crippen molar-refractivity contribution < 1.29 is 14.3 Å². The highest BCUT2D eigenvalue weighted by molar-refractivity contribution is 5.99. The van der Waals surface area contributed by atoms with E-state index in [1.165, 1.54) is 10.7 Å². The van der Waals surface area contributed by atoms with Gasteiger partial charge in [-0.25, -0.2) is 9.97 Å². The number of amides is 2. The van der Waals surface area contributed by atoms with Crippen LogP contribution in [0.5, 0.6) is 0 Å². The van der Waals surface area contributed by atoms with Crippen molar-refractivity contribution in [2.24, 2.45) is 5.73 Å². The van der Waals surface area contributed by atoms with Gasteiger partial charge in [-0.2, -0.15) is 0 Å². The number of aromatic nitrogens is 3. The molecule has 1 unspecified atom stereocenters. The molecule has 3 N–H and O–H groups in total. The second-order valence-electron chi connectivity index (χ2n) is 6.39. The molecular formula is C19H19N5O3. The molecule has 8 nitrogen and oxygen atoms in total. The first-order valence-corrected chi connectivity index (χ1v) is 8.76. The van der Waals surface area contributed by atoms with E-state index in [4.69, 9.17) is 10.5 Å². The van der Waals surface area contributed by atoms with Crippen LogP contribution in [0.25, 0.3) is 16.9 Å². The number of hydrogen-bond acceptors (Lipinski definition) is 5. The summed E-state index contributed by atoms with van der Waals surface area (Å²) in [5, 5.41) is 2.89. The van der Waals surface area contributed by atoms with Crippen LogP contribution in [0.3, 0.4) is 0 Å². The van der Waals surface area contributed by atoms with Gasteiger partial charge in [0.1, 0.15) is 12.0 Å². The Morgan fingerprint density at radius 1 is 1.30 bits per heavy atom. The van der Waals surface area contributed by atoms with Gasteiger partial charge in [-0.15, -0.1) is 0 Å². The molecule has 1 atom stereocenters. The molecule has 1 fully saturated rings. The van der Waals surface area contributed by atoms with E-state index in [9.17, 15) is 9.59 Å². The van der Waals surface area contributed by atoms with Crippen molar-refractivity contribution in [1.29, 1.82) is 0 Å². The quantitative estimate of drug-likeness (QED) is 0.710. The highest BCUT2D eigenvalue weighted by atomic mass is 16.5. The Labute approximate surface area is 155 Å². The first-order valence-electron chi connectivity index (χ1n) is 8.76. The molecule has 4 rings (SSSR count). The van der Waals surface area contributed by atoms with Gasteiger partial charge in [-0.1, -0.05) is 30.3 Å². The van der Waals surface area contributed by atoms with E-state index in [-0.39, 0.29) is 23.4 Å². The predicted molar refractivity (Wildman–Crippen MR) is 98.2 cm³/mol. The van der Waals surface area contributed by atoms with Crippen LogP contribution in [-0.2, 0) is 4.74 Å². The third kappa shape index (κ3) is 3.39. The molecule has 2 aromatic heterocycles. The third-order valence-electron chi connectivity index (χ3n) is 4.55. The monoisotopic (exact) mass is 365 g/mol. The van der Waals surface area contributed by atoms with Gasteiger partial charge in [-0.3, -0.25) is 14.0 Å². The molecule has 0 bridgehead atoms. The fraction of sp³-hybridized carbons (Fsp3) is 0.263. The molecule has 138 valence electrons. The smallest absolute Gasteiger partial charge is 0.271 e. The molecule has 2 amide bonds.